The number of benzene rings is 1. The zero-order chi connectivity index (χ0) is 17.8. The van der Waals surface area contributed by atoms with Gasteiger partial charge in [-0.15, -0.1) is 0 Å². The van der Waals surface area contributed by atoms with E-state index in [1.54, 1.807) is 0 Å². The number of carbonyl (C=O) groups excluding carboxylic acids is 3. The van der Waals surface area contributed by atoms with E-state index in [4.69, 9.17) is 0 Å². The molecular weight excluding hydrogens is 318 g/mol. The second-order valence-electron chi connectivity index (χ2n) is 6.93. The number of nitrogens with zero attached hydrogens (tertiary/aromatic N) is 1. The van der Waals surface area contributed by atoms with Crippen molar-refractivity contribution in [1.29, 1.82) is 0 Å². The Balaban J connectivity index is 1.45. The van der Waals surface area contributed by atoms with Crippen LogP contribution < -0.4 is 10.6 Å². The molecule has 2 aliphatic rings. The maximum Gasteiger partial charge on any atom is 0.225 e. The molecule has 3 amide bonds. The van der Waals surface area contributed by atoms with Crippen LogP contribution in [0.3, 0.4) is 0 Å². The molecule has 2 N–H and O–H groups in total. The average Bonchev–Trinajstić information content (AvgIpc) is 3.14. The number of likely N-dealkylation sites (tertiary alicyclic amines) is 1. The summed E-state index contributed by atoms with van der Waals surface area (Å²) in [4.78, 5) is 37.1. The molecule has 25 heavy (non-hydrogen) atoms. The zero-order valence-corrected chi connectivity index (χ0v) is 14.6. The van der Waals surface area contributed by atoms with E-state index < -0.39 is 0 Å². The van der Waals surface area contributed by atoms with Gasteiger partial charge in [-0.05, 0) is 30.4 Å². The van der Waals surface area contributed by atoms with Crippen molar-refractivity contribution < 1.29 is 14.4 Å². The molecule has 1 aliphatic heterocycles. The molecule has 1 atom stereocenters. The molecule has 134 valence electrons. The third kappa shape index (κ3) is 4.38. The normalized spacial score (nSPS) is 19.8. The molecular formula is C19H25N3O3. The van der Waals surface area contributed by atoms with Crippen LogP contribution in [0.1, 0.15) is 37.3 Å². The molecule has 0 radical (unpaired) electrons. The quantitative estimate of drug-likeness (QED) is 0.750. The molecule has 0 bridgehead atoms. The summed E-state index contributed by atoms with van der Waals surface area (Å²) in [5.41, 5.74) is 2.65. The third-order valence-corrected chi connectivity index (χ3v) is 4.95. The predicted octanol–water partition coefficient (Wildman–Crippen LogP) is 0.787. The Morgan fingerprint density at radius 1 is 1.16 bits per heavy atom. The van der Waals surface area contributed by atoms with E-state index in [9.17, 15) is 14.4 Å². The van der Waals surface area contributed by atoms with Gasteiger partial charge in [-0.1, -0.05) is 24.3 Å². The summed E-state index contributed by atoms with van der Waals surface area (Å²) in [5.74, 6) is -0.0175. The van der Waals surface area contributed by atoms with Crippen LogP contribution in [0, 0.1) is 0 Å². The minimum Gasteiger partial charge on any atom is -0.356 e. The van der Waals surface area contributed by atoms with Crippen molar-refractivity contribution in [2.24, 2.45) is 0 Å². The second kappa shape index (κ2) is 7.68. The molecule has 1 saturated heterocycles. The number of nitrogens with one attached hydrogen (secondary N) is 2. The summed E-state index contributed by atoms with van der Waals surface area (Å²) < 4.78 is 0. The van der Waals surface area contributed by atoms with Gasteiger partial charge in [-0.25, -0.2) is 0 Å². The van der Waals surface area contributed by atoms with Crippen LogP contribution in [0.4, 0.5) is 0 Å². The Bertz CT molecular complexity index is 649. The molecule has 0 unspecified atom stereocenters. The second-order valence-corrected chi connectivity index (χ2v) is 6.93. The molecule has 0 saturated carbocycles. The van der Waals surface area contributed by atoms with E-state index in [0.29, 0.717) is 32.4 Å². The first kappa shape index (κ1) is 17.5. The smallest absolute Gasteiger partial charge is 0.225 e. The molecule has 1 fully saturated rings. The zero-order valence-electron chi connectivity index (χ0n) is 14.6. The summed E-state index contributed by atoms with van der Waals surface area (Å²) >= 11 is 0. The van der Waals surface area contributed by atoms with Gasteiger partial charge in [0, 0.05) is 38.9 Å². The number of hydrogen-bond acceptors (Lipinski definition) is 3. The largest absolute Gasteiger partial charge is 0.356 e. The van der Waals surface area contributed by atoms with Gasteiger partial charge in [-0.2, -0.15) is 0 Å². The summed E-state index contributed by atoms with van der Waals surface area (Å²) in [6, 6.07) is 8.44. The van der Waals surface area contributed by atoms with Crippen LogP contribution in [-0.2, 0) is 27.2 Å². The fraction of sp³-hybridized carbons (Fsp3) is 0.526. The highest BCUT2D eigenvalue weighted by Gasteiger charge is 2.37. The number of fused-ring (bicyclic) bond motifs is 1. The van der Waals surface area contributed by atoms with Crippen LogP contribution in [-0.4, -0.2) is 47.8 Å². The van der Waals surface area contributed by atoms with Crippen molar-refractivity contribution in [3.8, 4) is 0 Å². The van der Waals surface area contributed by atoms with Crippen molar-refractivity contribution >= 4 is 17.7 Å². The van der Waals surface area contributed by atoms with Crippen molar-refractivity contribution in [3.05, 3.63) is 35.4 Å². The minimum atomic E-state index is -0.107. The highest BCUT2D eigenvalue weighted by Crippen LogP contribution is 2.28. The van der Waals surface area contributed by atoms with Gasteiger partial charge < -0.3 is 15.5 Å². The number of rotatable bonds is 6. The summed E-state index contributed by atoms with van der Waals surface area (Å²) in [5, 5.41) is 5.63. The average molecular weight is 343 g/mol. The maximum atomic E-state index is 12.4. The molecule has 3 rings (SSSR count). The van der Waals surface area contributed by atoms with Crippen LogP contribution in [0.5, 0.6) is 0 Å². The molecule has 6 nitrogen and oxygen atoms in total. The fourth-order valence-electron chi connectivity index (χ4n) is 3.75. The third-order valence-electron chi connectivity index (χ3n) is 4.95. The van der Waals surface area contributed by atoms with Crippen LogP contribution in [0.2, 0.25) is 0 Å². The van der Waals surface area contributed by atoms with Gasteiger partial charge in [0.25, 0.3) is 0 Å². The van der Waals surface area contributed by atoms with Crippen molar-refractivity contribution in [2.75, 3.05) is 13.1 Å². The van der Waals surface area contributed by atoms with Gasteiger partial charge >= 0.3 is 0 Å². The number of carbonyl (C=O) groups is 3. The van der Waals surface area contributed by atoms with Crippen LogP contribution in [0.15, 0.2) is 24.3 Å². The van der Waals surface area contributed by atoms with Crippen LogP contribution >= 0.6 is 0 Å². The van der Waals surface area contributed by atoms with E-state index >= 15 is 0 Å². The lowest BCUT2D eigenvalue weighted by molar-refractivity contribution is -0.129. The van der Waals surface area contributed by atoms with Gasteiger partial charge in [-0.3, -0.25) is 14.4 Å². The molecule has 1 aromatic carbocycles. The Kier molecular flexibility index (Phi) is 5.36. The molecule has 0 aromatic heterocycles. The fourth-order valence-corrected chi connectivity index (χ4v) is 3.75. The first-order chi connectivity index (χ1) is 12.0. The Morgan fingerprint density at radius 3 is 2.48 bits per heavy atom. The highest BCUT2D eigenvalue weighted by molar-refractivity contribution is 5.82. The summed E-state index contributed by atoms with van der Waals surface area (Å²) in [7, 11) is 0. The molecule has 1 aliphatic carbocycles. The van der Waals surface area contributed by atoms with Crippen molar-refractivity contribution in [3.63, 3.8) is 0 Å². The monoisotopic (exact) mass is 343 g/mol. The molecule has 1 heterocycles. The predicted molar refractivity (Wildman–Crippen MR) is 93.8 cm³/mol. The lowest BCUT2D eigenvalue weighted by atomic mass is 10.1. The topological polar surface area (TPSA) is 78.5 Å². The van der Waals surface area contributed by atoms with Gasteiger partial charge in [0.2, 0.25) is 17.7 Å². The standard InChI is InChI=1S/C19H25N3O3/c1-13(23)20-8-4-7-18(24)21-16-11-19(25)22(12-16)17-9-14-5-2-3-6-15(14)10-17/h2-3,5-6,16-17H,4,7-12H2,1H3,(H,20,23)(H,21,24)/t16-/m1/s1. The molecule has 0 spiro atoms. The SMILES string of the molecule is CC(=O)NCCCC(=O)N[C@@H]1CC(=O)N(C2Cc3ccccc3C2)C1. The van der Waals surface area contributed by atoms with E-state index in [0.717, 1.165) is 12.8 Å². The van der Waals surface area contributed by atoms with Crippen molar-refractivity contribution in [1.82, 2.24) is 15.5 Å². The maximum absolute atomic E-state index is 12.4. The van der Waals surface area contributed by atoms with E-state index in [-0.39, 0.29) is 29.8 Å². The molecule has 1 aromatic rings. The van der Waals surface area contributed by atoms with Gasteiger partial charge in [0.05, 0.1) is 6.04 Å². The van der Waals surface area contributed by atoms with E-state index in [1.807, 2.05) is 17.0 Å². The Labute approximate surface area is 148 Å². The van der Waals surface area contributed by atoms with Gasteiger partial charge in [0.1, 0.15) is 0 Å². The lowest BCUT2D eigenvalue weighted by Crippen LogP contribution is -2.41. The lowest BCUT2D eigenvalue weighted by Gasteiger charge is -2.24. The summed E-state index contributed by atoms with van der Waals surface area (Å²) in [6.07, 6.45) is 3.15. The van der Waals surface area contributed by atoms with Gasteiger partial charge in [0.15, 0.2) is 0 Å². The Hall–Kier alpha value is -2.37. The van der Waals surface area contributed by atoms with E-state index in [1.165, 1.54) is 18.1 Å². The first-order valence-electron chi connectivity index (χ1n) is 8.93. The number of amides is 3. The Morgan fingerprint density at radius 2 is 1.84 bits per heavy atom. The van der Waals surface area contributed by atoms with E-state index in [2.05, 4.69) is 22.8 Å². The van der Waals surface area contributed by atoms with Crippen LogP contribution in [0.25, 0.3) is 0 Å². The first-order valence-corrected chi connectivity index (χ1v) is 8.93. The summed E-state index contributed by atoms with van der Waals surface area (Å²) in [6.45, 7) is 2.55. The van der Waals surface area contributed by atoms with Crippen molar-refractivity contribution in [2.45, 2.75) is 51.1 Å². The highest BCUT2D eigenvalue weighted by atomic mass is 16.2. The number of hydrogen-bond donors (Lipinski definition) is 2. The minimum absolute atomic E-state index is 0.0558. The molecule has 6 heteroatoms.